The Labute approximate surface area is 151 Å². The van der Waals surface area contributed by atoms with Gasteiger partial charge in [0.05, 0.1) is 5.56 Å². The maximum Gasteiger partial charge on any atom is 0.416 e. The maximum atomic E-state index is 12.8. The molecule has 2 aromatic carbocycles. The fourth-order valence-electron chi connectivity index (χ4n) is 2.29. The molecule has 0 atom stereocenters. The van der Waals surface area contributed by atoms with Crippen molar-refractivity contribution in [1.29, 1.82) is 5.26 Å². The van der Waals surface area contributed by atoms with E-state index in [-0.39, 0.29) is 12.3 Å². The average molecular weight is 379 g/mol. The number of aromatic nitrogens is 3. The summed E-state index contributed by atoms with van der Waals surface area (Å²) in [5.74, 6) is 0.330. The number of nitrogens with zero attached hydrogens (tertiary/aromatic N) is 3. The molecule has 1 heterocycles. The van der Waals surface area contributed by atoms with Crippen LogP contribution in [-0.2, 0) is 12.8 Å². The number of H-pyrrole nitrogens is 1. The van der Waals surface area contributed by atoms with E-state index in [1.807, 2.05) is 6.07 Å². The summed E-state index contributed by atoms with van der Waals surface area (Å²) >= 11 is 6.06. The van der Waals surface area contributed by atoms with E-state index in [1.54, 1.807) is 12.1 Å². The summed E-state index contributed by atoms with van der Waals surface area (Å²) in [4.78, 5) is 0. The van der Waals surface area contributed by atoms with Crippen LogP contribution in [0.25, 0.3) is 11.3 Å². The Morgan fingerprint density at radius 2 is 2.00 bits per heavy atom. The lowest BCUT2D eigenvalue weighted by atomic mass is 10.1. The Kier molecular flexibility index (Phi) is 4.82. The van der Waals surface area contributed by atoms with Gasteiger partial charge in [-0.15, -0.1) is 5.10 Å². The average Bonchev–Trinajstić information content (AvgIpc) is 3.08. The number of nitriles is 1. The van der Waals surface area contributed by atoms with Gasteiger partial charge < -0.3 is 4.74 Å². The highest BCUT2D eigenvalue weighted by Crippen LogP contribution is 2.31. The summed E-state index contributed by atoms with van der Waals surface area (Å²) in [6, 6.07) is 11.5. The van der Waals surface area contributed by atoms with E-state index in [1.165, 1.54) is 18.2 Å². The number of rotatable bonds is 4. The predicted molar refractivity (Wildman–Crippen MR) is 87.3 cm³/mol. The molecule has 0 amide bonds. The Morgan fingerprint density at radius 1 is 1.19 bits per heavy atom. The van der Waals surface area contributed by atoms with Crippen molar-refractivity contribution in [2.24, 2.45) is 0 Å². The first-order chi connectivity index (χ1) is 12.4. The molecule has 1 aromatic heterocycles. The predicted octanol–water partition coefficient (Wildman–Crippen LogP) is 4.59. The van der Waals surface area contributed by atoms with E-state index in [9.17, 15) is 13.2 Å². The van der Waals surface area contributed by atoms with Crippen LogP contribution in [-0.4, -0.2) is 15.4 Å². The maximum absolute atomic E-state index is 12.8. The Balaban J connectivity index is 1.82. The van der Waals surface area contributed by atoms with Crippen LogP contribution < -0.4 is 4.74 Å². The smallest absolute Gasteiger partial charge is 0.416 e. The van der Waals surface area contributed by atoms with Gasteiger partial charge in [-0.1, -0.05) is 28.9 Å². The first kappa shape index (κ1) is 17.8. The monoisotopic (exact) mass is 378 g/mol. The van der Waals surface area contributed by atoms with E-state index < -0.39 is 11.7 Å². The molecule has 26 heavy (non-hydrogen) atoms. The van der Waals surface area contributed by atoms with Crippen LogP contribution >= 0.6 is 11.6 Å². The topological polar surface area (TPSA) is 74.6 Å². The highest BCUT2D eigenvalue weighted by atomic mass is 35.5. The molecule has 1 N–H and O–H groups in total. The van der Waals surface area contributed by atoms with Crippen molar-refractivity contribution in [1.82, 2.24) is 15.4 Å². The minimum Gasteiger partial charge on any atom is -0.489 e. The Morgan fingerprint density at radius 3 is 2.73 bits per heavy atom. The molecule has 0 aliphatic rings. The number of hydrogen-bond acceptors (Lipinski definition) is 4. The van der Waals surface area contributed by atoms with Crippen LogP contribution in [0, 0.1) is 11.3 Å². The molecule has 0 spiro atoms. The van der Waals surface area contributed by atoms with Crippen LogP contribution in [0.3, 0.4) is 0 Å². The molecular formula is C17H10ClF3N4O. The molecule has 0 fully saturated rings. The van der Waals surface area contributed by atoms with E-state index in [2.05, 4.69) is 15.4 Å². The van der Waals surface area contributed by atoms with E-state index in [0.29, 0.717) is 27.6 Å². The highest BCUT2D eigenvalue weighted by molar-refractivity contribution is 6.31. The van der Waals surface area contributed by atoms with E-state index in [0.717, 1.165) is 12.1 Å². The van der Waals surface area contributed by atoms with Crippen molar-refractivity contribution in [2.75, 3.05) is 0 Å². The number of aromatic amines is 1. The van der Waals surface area contributed by atoms with Gasteiger partial charge in [-0.3, -0.25) is 0 Å². The van der Waals surface area contributed by atoms with Gasteiger partial charge in [0.15, 0.2) is 5.69 Å². The van der Waals surface area contributed by atoms with Crippen molar-refractivity contribution in [3.05, 3.63) is 64.3 Å². The zero-order valence-corrected chi connectivity index (χ0v) is 13.8. The van der Waals surface area contributed by atoms with Crippen molar-refractivity contribution in [3.63, 3.8) is 0 Å². The van der Waals surface area contributed by atoms with Crippen molar-refractivity contribution >= 4 is 11.6 Å². The molecule has 0 bridgehead atoms. The standard InChI is InChI=1S/C17H10ClF3N4O/c18-13-5-11(16-15(8-22)23-25-24-16)6-14(7-13)26-9-10-2-1-3-12(4-10)17(19,20)21/h1-7H,9H2,(H,23,24,25). The molecule has 0 radical (unpaired) electrons. The summed E-state index contributed by atoms with van der Waals surface area (Å²) in [6.07, 6.45) is -4.42. The van der Waals surface area contributed by atoms with Gasteiger partial charge in [0, 0.05) is 10.6 Å². The molecule has 0 saturated heterocycles. The quantitative estimate of drug-likeness (QED) is 0.720. The third-order valence-electron chi connectivity index (χ3n) is 3.46. The fraction of sp³-hybridized carbons (Fsp3) is 0.118. The van der Waals surface area contributed by atoms with Crippen molar-refractivity contribution in [3.8, 4) is 23.1 Å². The zero-order chi connectivity index (χ0) is 18.7. The van der Waals surface area contributed by atoms with Crippen molar-refractivity contribution in [2.45, 2.75) is 12.8 Å². The Hall–Kier alpha value is -3.05. The minimum atomic E-state index is -4.42. The summed E-state index contributed by atoms with van der Waals surface area (Å²) in [7, 11) is 0. The van der Waals surface area contributed by atoms with Crippen LogP contribution in [0.1, 0.15) is 16.8 Å². The van der Waals surface area contributed by atoms with Gasteiger partial charge in [0.25, 0.3) is 0 Å². The molecule has 5 nitrogen and oxygen atoms in total. The van der Waals surface area contributed by atoms with Gasteiger partial charge in [0.1, 0.15) is 24.1 Å². The molecule has 0 saturated carbocycles. The number of nitrogens with one attached hydrogen (secondary N) is 1. The summed E-state index contributed by atoms with van der Waals surface area (Å²) in [5, 5.41) is 19.2. The SMILES string of the molecule is N#Cc1[nH]nnc1-c1cc(Cl)cc(OCc2cccc(C(F)(F)F)c2)c1. The molecule has 0 aliphatic carbocycles. The first-order valence-corrected chi connectivity index (χ1v) is 7.65. The molecule has 3 rings (SSSR count). The zero-order valence-electron chi connectivity index (χ0n) is 13.0. The van der Waals surface area contributed by atoms with Gasteiger partial charge in [-0.25, -0.2) is 5.10 Å². The summed E-state index contributed by atoms with van der Waals surface area (Å²) in [6.45, 7) is -0.0758. The molecule has 3 aromatic rings. The lowest BCUT2D eigenvalue weighted by Gasteiger charge is -2.11. The second-order valence-electron chi connectivity index (χ2n) is 5.31. The van der Waals surface area contributed by atoms with Crippen LogP contribution in [0.4, 0.5) is 13.2 Å². The summed E-state index contributed by atoms with van der Waals surface area (Å²) < 4.78 is 43.9. The Bertz CT molecular complexity index is 979. The molecule has 0 unspecified atom stereocenters. The third-order valence-corrected chi connectivity index (χ3v) is 3.68. The van der Waals surface area contributed by atoms with Gasteiger partial charge in [-0.2, -0.15) is 18.4 Å². The molecule has 132 valence electrons. The van der Waals surface area contributed by atoms with Crippen molar-refractivity contribution < 1.29 is 17.9 Å². The molecule has 0 aliphatic heterocycles. The summed E-state index contributed by atoms with van der Waals surface area (Å²) in [5.41, 5.74) is 0.587. The number of halogens is 4. The second kappa shape index (κ2) is 7.06. The van der Waals surface area contributed by atoms with Crippen LogP contribution in [0.5, 0.6) is 5.75 Å². The highest BCUT2D eigenvalue weighted by Gasteiger charge is 2.30. The van der Waals surface area contributed by atoms with E-state index in [4.69, 9.17) is 21.6 Å². The molecular weight excluding hydrogens is 369 g/mol. The van der Waals surface area contributed by atoms with Gasteiger partial charge >= 0.3 is 6.18 Å². The normalized spacial score (nSPS) is 11.2. The molecule has 9 heteroatoms. The minimum absolute atomic E-state index is 0.0758. The first-order valence-electron chi connectivity index (χ1n) is 7.28. The third kappa shape index (κ3) is 3.95. The largest absolute Gasteiger partial charge is 0.489 e. The number of ether oxygens (including phenoxy) is 1. The van der Waals surface area contributed by atoms with Gasteiger partial charge in [0.2, 0.25) is 0 Å². The van der Waals surface area contributed by atoms with E-state index >= 15 is 0 Å². The second-order valence-corrected chi connectivity index (χ2v) is 5.75. The van der Waals surface area contributed by atoms with Crippen LogP contribution in [0.2, 0.25) is 5.02 Å². The van der Waals surface area contributed by atoms with Gasteiger partial charge in [-0.05, 0) is 35.9 Å². The lowest BCUT2D eigenvalue weighted by molar-refractivity contribution is -0.137. The lowest BCUT2D eigenvalue weighted by Crippen LogP contribution is -2.06. The number of benzene rings is 2. The number of hydrogen-bond donors (Lipinski definition) is 1. The fourth-order valence-corrected chi connectivity index (χ4v) is 2.52. The van der Waals surface area contributed by atoms with Crippen LogP contribution in [0.15, 0.2) is 42.5 Å². The number of alkyl halides is 3.